The van der Waals surface area contributed by atoms with E-state index in [9.17, 15) is 4.79 Å². The molecule has 0 bridgehead atoms. The largest absolute Gasteiger partial charge is 0.496 e. The van der Waals surface area contributed by atoms with Gasteiger partial charge in [-0.15, -0.1) is 0 Å². The maximum atomic E-state index is 12.8. The SMILES string of the molecule is COc1ccccc1C(NC(=O)c1n[nH]c(C)c1Br)c1nccn1C. The number of aryl methyl sites for hydroxylation is 2. The van der Waals surface area contributed by atoms with Gasteiger partial charge in [-0.25, -0.2) is 4.98 Å². The van der Waals surface area contributed by atoms with E-state index in [1.54, 1.807) is 13.3 Å². The number of aromatic nitrogens is 4. The third kappa shape index (κ3) is 3.30. The van der Waals surface area contributed by atoms with Crippen molar-refractivity contribution in [3.63, 3.8) is 0 Å². The van der Waals surface area contributed by atoms with Gasteiger partial charge in [-0.05, 0) is 28.9 Å². The number of para-hydroxylation sites is 1. The lowest BCUT2D eigenvalue weighted by Crippen LogP contribution is -2.31. The van der Waals surface area contributed by atoms with Crippen LogP contribution in [0.5, 0.6) is 5.75 Å². The molecule has 8 heteroatoms. The van der Waals surface area contributed by atoms with E-state index in [2.05, 4.69) is 36.4 Å². The highest BCUT2D eigenvalue weighted by molar-refractivity contribution is 9.10. The van der Waals surface area contributed by atoms with Crippen molar-refractivity contribution in [3.05, 3.63) is 63.9 Å². The zero-order chi connectivity index (χ0) is 18.0. The number of imidazole rings is 1. The predicted octanol–water partition coefficient (Wildman–Crippen LogP) is 2.74. The van der Waals surface area contributed by atoms with Crippen LogP contribution >= 0.6 is 15.9 Å². The van der Waals surface area contributed by atoms with Gasteiger partial charge in [0.15, 0.2) is 5.69 Å². The van der Waals surface area contributed by atoms with Crippen LogP contribution < -0.4 is 10.1 Å². The number of carbonyl (C=O) groups is 1. The molecule has 1 atom stereocenters. The van der Waals surface area contributed by atoms with Gasteiger partial charge in [-0.3, -0.25) is 9.89 Å². The molecular weight excluding hydrogens is 386 g/mol. The number of hydrogen-bond donors (Lipinski definition) is 2. The van der Waals surface area contributed by atoms with Crippen LogP contribution in [0.25, 0.3) is 0 Å². The number of H-pyrrole nitrogens is 1. The summed E-state index contributed by atoms with van der Waals surface area (Å²) >= 11 is 3.39. The summed E-state index contributed by atoms with van der Waals surface area (Å²) in [6.07, 6.45) is 3.52. The van der Waals surface area contributed by atoms with E-state index in [0.29, 0.717) is 21.7 Å². The Morgan fingerprint density at radius 2 is 2.16 bits per heavy atom. The van der Waals surface area contributed by atoms with E-state index in [1.165, 1.54) is 0 Å². The highest BCUT2D eigenvalue weighted by atomic mass is 79.9. The molecule has 0 aliphatic rings. The molecule has 7 nitrogen and oxygen atoms in total. The maximum Gasteiger partial charge on any atom is 0.273 e. The Hall–Kier alpha value is -2.61. The summed E-state index contributed by atoms with van der Waals surface area (Å²) in [5.74, 6) is 1.06. The van der Waals surface area contributed by atoms with E-state index in [1.807, 2.05) is 49.0 Å². The van der Waals surface area contributed by atoms with E-state index >= 15 is 0 Å². The number of ether oxygens (including phenoxy) is 1. The van der Waals surface area contributed by atoms with Crippen molar-refractivity contribution in [2.45, 2.75) is 13.0 Å². The minimum Gasteiger partial charge on any atom is -0.496 e. The molecule has 3 aromatic rings. The number of aromatic amines is 1. The van der Waals surface area contributed by atoms with Crippen molar-refractivity contribution in [2.75, 3.05) is 7.11 Å². The molecule has 0 spiro atoms. The molecule has 25 heavy (non-hydrogen) atoms. The molecule has 0 saturated heterocycles. The average Bonchev–Trinajstić information content (AvgIpc) is 3.19. The summed E-state index contributed by atoms with van der Waals surface area (Å²) in [7, 11) is 3.48. The van der Waals surface area contributed by atoms with Crippen LogP contribution in [0, 0.1) is 6.92 Å². The number of carbonyl (C=O) groups excluding carboxylic acids is 1. The van der Waals surface area contributed by atoms with Crippen LogP contribution in [0.4, 0.5) is 0 Å². The Balaban J connectivity index is 2.02. The van der Waals surface area contributed by atoms with Crippen molar-refractivity contribution >= 4 is 21.8 Å². The lowest BCUT2D eigenvalue weighted by molar-refractivity contribution is 0.0935. The normalized spacial score (nSPS) is 12.0. The van der Waals surface area contributed by atoms with Gasteiger partial charge in [0.2, 0.25) is 0 Å². The summed E-state index contributed by atoms with van der Waals surface area (Å²) in [4.78, 5) is 17.2. The van der Waals surface area contributed by atoms with Crippen LogP contribution in [0.3, 0.4) is 0 Å². The highest BCUT2D eigenvalue weighted by Crippen LogP contribution is 2.29. The number of halogens is 1. The topological polar surface area (TPSA) is 84.8 Å². The Morgan fingerprint density at radius 3 is 2.76 bits per heavy atom. The standard InChI is InChI=1S/C17H18BrN5O2/c1-10-13(18)15(22-21-10)17(24)20-14(16-19-8-9-23(16)2)11-6-4-5-7-12(11)25-3/h4-9,14H,1-3H3,(H,20,24)(H,21,22). The van der Waals surface area contributed by atoms with E-state index in [-0.39, 0.29) is 5.91 Å². The van der Waals surface area contributed by atoms with Gasteiger partial charge >= 0.3 is 0 Å². The third-order valence-electron chi connectivity index (χ3n) is 3.93. The number of rotatable bonds is 5. The molecule has 0 saturated carbocycles. The van der Waals surface area contributed by atoms with Gasteiger partial charge < -0.3 is 14.6 Å². The predicted molar refractivity (Wildman–Crippen MR) is 96.5 cm³/mol. The molecule has 1 unspecified atom stereocenters. The molecule has 2 heterocycles. The number of nitrogens with zero attached hydrogens (tertiary/aromatic N) is 3. The van der Waals surface area contributed by atoms with E-state index in [4.69, 9.17) is 4.74 Å². The summed E-state index contributed by atoms with van der Waals surface area (Å²) in [6, 6.07) is 7.06. The average molecular weight is 404 g/mol. The lowest BCUT2D eigenvalue weighted by Gasteiger charge is -2.21. The van der Waals surface area contributed by atoms with Crippen molar-refractivity contribution in [2.24, 2.45) is 7.05 Å². The minimum atomic E-state index is -0.479. The number of methoxy groups -OCH3 is 1. The molecule has 0 aliphatic heterocycles. The van der Waals surface area contributed by atoms with Crippen LogP contribution in [0.2, 0.25) is 0 Å². The Labute approximate surface area is 153 Å². The fourth-order valence-electron chi connectivity index (χ4n) is 2.61. The molecule has 1 amide bonds. The van der Waals surface area contributed by atoms with E-state index < -0.39 is 6.04 Å². The van der Waals surface area contributed by atoms with Gasteiger partial charge in [0.1, 0.15) is 17.6 Å². The lowest BCUT2D eigenvalue weighted by atomic mass is 10.0. The molecular formula is C17H18BrN5O2. The van der Waals surface area contributed by atoms with Crippen molar-refractivity contribution < 1.29 is 9.53 Å². The first-order chi connectivity index (χ1) is 12.0. The molecule has 2 N–H and O–H groups in total. The van der Waals surface area contributed by atoms with Gasteiger partial charge in [-0.1, -0.05) is 18.2 Å². The van der Waals surface area contributed by atoms with Crippen molar-refractivity contribution in [1.29, 1.82) is 0 Å². The molecule has 2 aromatic heterocycles. The molecule has 130 valence electrons. The summed E-state index contributed by atoms with van der Waals surface area (Å²) in [6.45, 7) is 1.84. The first kappa shape index (κ1) is 17.2. The van der Waals surface area contributed by atoms with Crippen LogP contribution in [0.1, 0.15) is 33.6 Å². The smallest absolute Gasteiger partial charge is 0.273 e. The summed E-state index contributed by atoms with van der Waals surface area (Å²) in [5, 5.41) is 9.87. The maximum absolute atomic E-state index is 12.8. The van der Waals surface area contributed by atoms with Crippen molar-refractivity contribution in [1.82, 2.24) is 25.1 Å². The Bertz CT molecular complexity index is 902. The second kappa shape index (κ2) is 7.10. The quantitative estimate of drug-likeness (QED) is 0.685. The Morgan fingerprint density at radius 1 is 1.40 bits per heavy atom. The third-order valence-corrected chi connectivity index (χ3v) is 4.90. The molecule has 1 aromatic carbocycles. The number of hydrogen-bond acceptors (Lipinski definition) is 4. The zero-order valence-corrected chi connectivity index (χ0v) is 15.7. The molecule has 0 radical (unpaired) electrons. The van der Waals surface area contributed by atoms with Crippen LogP contribution in [-0.4, -0.2) is 32.8 Å². The molecule has 0 aliphatic carbocycles. The zero-order valence-electron chi connectivity index (χ0n) is 14.1. The van der Waals surface area contributed by atoms with Gasteiger partial charge in [-0.2, -0.15) is 5.10 Å². The Kier molecular flexibility index (Phi) is 4.89. The van der Waals surface area contributed by atoms with Gasteiger partial charge in [0.05, 0.1) is 11.6 Å². The molecule has 3 rings (SSSR count). The fourth-order valence-corrected chi connectivity index (χ4v) is 2.96. The minimum absolute atomic E-state index is 0.298. The second-order valence-electron chi connectivity index (χ2n) is 5.56. The highest BCUT2D eigenvalue weighted by Gasteiger charge is 2.26. The first-order valence-electron chi connectivity index (χ1n) is 7.64. The number of amides is 1. The van der Waals surface area contributed by atoms with Gasteiger partial charge in [0, 0.05) is 30.7 Å². The summed E-state index contributed by atoms with van der Waals surface area (Å²) in [5.41, 5.74) is 1.90. The van der Waals surface area contributed by atoms with E-state index in [0.717, 1.165) is 11.3 Å². The van der Waals surface area contributed by atoms with Crippen LogP contribution in [0.15, 0.2) is 41.1 Å². The van der Waals surface area contributed by atoms with Crippen LogP contribution in [-0.2, 0) is 7.05 Å². The number of benzene rings is 1. The first-order valence-corrected chi connectivity index (χ1v) is 8.43. The van der Waals surface area contributed by atoms with Gasteiger partial charge in [0.25, 0.3) is 5.91 Å². The molecule has 0 fully saturated rings. The summed E-state index contributed by atoms with van der Waals surface area (Å²) < 4.78 is 7.97. The van der Waals surface area contributed by atoms with Crippen molar-refractivity contribution in [3.8, 4) is 5.75 Å². The monoisotopic (exact) mass is 403 g/mol. The second-order valence-corrected chi connectivity index (χ2v) is 6.35. The number of nitrogens with one attached hydrogen (secondary N) is 2. The fraction of sp³-hybridized carbons (Fsp3) is 0.235.